The highest BCUT2D eigenvalue weighted by atomic mass is 32.1. The molecule has 0 spiro atoms. The van der Waals surface area contributed by atoms with Crippen molar-refractivity contribution in [2.75, 3.05) is 11.9 Å². The van der Waals surface area contributed by atoms with Gasteiger partial charge in [-0.2, -0.15) is 0 Å². The molecule has 0 saturated carbocycles. The fourth-order valence-electron chi connectivity index (χ4n) is 1.87. The second-order valence-electron chi connectivity index (χ2n) is 4.54. The molecule has 2 N–H and O–H groups in total. The van der Waals surface area contributed by atoms with Crippen molar-refractivity contribution in [2.45, 2.75) is 26.8 Å². The maximum atomic E-state index is 11.5. The van der Waals surface area contributed by atoms with Gasteiger partial charge >= 0.3 is 0 Å². The predicted molar refractivity (Wildman–Crippen MR) is 83.0 cm³/mol. The van der Waals surface area contributed by atoms with Crippen molar-refractivity contribution in [1.82, 2.24) is 10.3 Å². The van der Waals surface area contributed by atoms with Crippen LogP contribution in [0.3, 0.4) is 0 Å². The topological polar surface area (TPSA) is 54.0 Å². The Morgan fingerprint density at radius 2 is 2.05 bits per heavy atom. The zero-order valence-electron chi connectivity index (χ0n) is 11.8. The molecule has 0 radical (unpaired) electrons. The maximum absolute atomic E-state index is 11.5. The van der Waals surface area contributed by atoms with Gasteiger partial charge in [-0.05, 0) is 31.5 Å². The quantitative estimate of drug-likeness (QED) is 0.859. The van der Waals surface area contributed by atoms with E-state index in [0.717, 1.165) is 28.5 Å². The fraction of sp³-hybridized carbons (Fsp3) is 0.333. The van der Waals surface area contributed by atoms with Crippen LogP contribution in [0.25, 0.3) is 0 Å². The Hall–Kier alpha value is -1.88. The van der Waals surface area contributed by atoms with Crippen LogP contribution < -0.4 is 10.6 Å². The molecule has 20 heavy (non-hydrogen) atoms. The van der Waals surface area contributed by atoms with Gasteiger partial charge in [0.15, 0.2) is 0 Å². The molecule has 0 bridgehead atoms. The molecular formula is C15H19N3OS. The molecule has 4 nitrogen and oxygen atoms in total. The third-order valence-corrected chi connectivity index (χ3v) is 3.66. The predicted octanol–water partition coefficient (Wildman–Crippen LogP) is 2.74. The van der Waals surface area contributed by atoms with Crippen LogP contribution in [0.15, 0.2) is 29.6 Å². The van der Waals surface area contributed by atoms with Crippen LogP contribution in [0.5, 0.6) is 0 Å². The van der Waals surface area contributed by atoms with E-state index in [1.807, 2.05) is 38.1 Å². The van der Waals surface area contributed by atoms with Gasteiger partial charge in [-0.3, -0.25) is 4.79 Å². The lowest BCUT2D eigenvalue weighted by Crippen LogP contribution is -2.24. The van der Waals surface area contributed by atoms with E-state index in [0.29, 0.717) is 13.0 Å². The summed E-state index contributed by atoms with van der Waals surface area (Å²) in [6.45, 7) is 5.32. The van der Waals surface area contributed by atoms with Gasteiger partial charge in [0, 0.05) is 17.6 Å². The molecule has 0 saturated heterocycles. The first kappa shape index (κ1) is 14.5. The highest BCUT2D eigenvalue weighted by Gasteiger charge is 2.02. The van der Waals surface area contributed by atoms with Gasteiger partial charge in [-0.25, -0.2) is 4.98 Å². The van der Waals surface area contributed by atoms with E-state index in [9.17, 15) is 4.79 Å². The van der Waals surface area contributed by atoms with Crippen LogP contribution in [-0.4, -0.2) is 17.4 Å². The van der Waals surface area contributed by atoms with Crippen molar-refractivity contribution in [3.05, 3.63) is 45.9 Å². The number of aromatic nitrogens is 1. The normalized spacial score (nSPS) is 10.3. The highest BCUT2D eigenvalue weighted by Crippen LogP contribution is 2.13. The number of benzene rings is 1. The lowest BCUT2D eigenvalue weighted by Gasteiger charge is -2.06. The van der Waals surface area contributed by atoms with Crippen LogP contribution in [-0.2, 0) is 17.8 Å². The number of amides is 1. The summed E-state index contributed by atoms with van der Waals surface area (Å²) < 4.78 is 0. The van der Waals surface area contributed by atoms with Crippen molar-refractivity contribution in [2.24, 2.45) is 0 Å². The van der Waals surface area contributed by atoms with E-state index in [2.05, 4.69) is 21.0 Å². The van der Waals surface area contributed by atoms with Crippen molar-refractivity contribution >= 4 is 22.9 Å². The Morgan fingerprint density at radius 1 is 1.30 bits per heavy atom. The minimum Gasteiger partial charge on any atom is -0.379 e. The molecule has 1 aromatic carbocycles. The number of anilines is 1. The molecule has 1 aromatic heterocycles. The molecule has 0 unspecified atom stereocenters. The molecule has 0 atom stereocenters. The van der Waals surface area contributed by atoms with Crippen LogP contribution >= 0.6 is 11.3 Å². The number of hydrogen-bond donors (Lipinski definition) is 2. The second-order valence-corrected chi connectivity index (χ2v) is 5.60. The number of nitrogens with one attached hydrogen (secondary N) is 2. The minimum absolute atomic E-state index is 0.0613. The largest absolute Gasteiger partial charge is 0.379 e. The molecule has 0 aliphatic rings. The Bertz CT molecular complexity index is 563. The Balaban J connectivity index is 1.86. The molecule has 2 aromatic rings. The van der Waals surface area contributed by atoms with Crippen molar-refractivity contribution in [1.29, 1.82) is 0 Å². The molecule has 0 aliphatic heterocycles. The monoisotopic (exact) mass is 289 g/mol. The summed E-state index contributed by atoms with van der Waals surface area (Å²) in [7, 11) is 0. The zero-order valence-corrected chi connectivity index (χ0v) is 12.6. The van der Waals surface area contributed by atoms with Gasteiger partial charge in [-0.15, -0.1) is 11.3 Å². The van der Waals surface area contributed by atoms with E-state index in [-0.39, 0.29) is 5.91 Å². The number of carbonyl (C=O) groups is 1. The highest BCUT2D eigenvalue weighted by molar-refractivity contribution is 7.09. The van der Waals surface area contributed by atoms with Crippen LogP contribution in [0.2, 0.25) is 0 Å². The van der Waals surface area contributed by atoms with Crippen LogP contribution in [0.4, 0.5) is 5.69 Å². The Labute approximate surface area is 123 Å². The smallest absolute Gasteiger partial charge is 0.224 e. The summed E-state index contributed by atoms with van der Waals surface area (Å²) in [5.74, 6) is 0.0613. The minimum atomic E-state index is 0.0613. The van der Waals surface area contributed by atoms with Crippen molar-refractivity contribution < 1.29 is 4.79 Å². The summed E-state index contributed by atoms with van der Waals surface area (Å²) in [6.07, 6.45) is 0.430. The average Bonchev–Trinajstić information content (AvgIpc) is 2.84. The van der Waals surface area contributed by atoms with E-state index in [4.69, 9.17) is 0 Å². The van der Waals surface area contributed by atoms with Gasteiger partial charge in [0.05, 0.1) is 23.7 Å². The zero-order chi connectivity index (χ0) is 14.4. The van der Waals surface area contributed by atoms with Crippen LogP contribution in [0, 0.1) is 6.92 Å². The lowest BCUT2D eigenvalue weighted by atomic mass is 10.1. The van der Waals surface area contributed by atoms with Gasteiger partial charge < -0.3 is 10.6 Å². The molecule has 1 amide bonds. The van der Waals surface area contributed by atoms with E-state index in [1.165, 1.54) is 0 Å². The van der Waals surface area contributed by atoms with Gasteiger partial charge in [-0.1, -0.05) is 12.1 Å². The summed E-state index contributed by atoms with van der Waals surface area (Å²) in [4.78, 5) is 15.9. The number of hydrogen-bond acceptors (Lipinski definition) is 4. The van der Waals surface area contributed by atoms with E-state index >= 15 is 0 Å². The molecular weight excluding hydrogens is 270 g/mol. The fourth-order valence-corrected chi connectivity index (χ4v) is 2.48. The molecule has 0 fully saturated rings. The van der Waals surface area contributed by atoms with Crippen molar-refractivity contribution in [3.63, 3.8) is 0 Å². The first-order valence-electron chi connectivity index (χ1n) is 6.68. The number of aryl methyl sites for hydroxylation is 1. The lowest BCUT2D eigenvalue weighted by molar-refractivity contribution is -0.120. The first-order valence-corrected chi connectivity index (χ1v) is 7.56. The summed E-state index contributed by atoms with van der Waals surface area (Å²) in [5.41, 5.74) is 3.11. The van der Waals surface area contributed by atoms with Gasteiger partial charge in [0.2, 0.25) is 5.91 Å². The Kier molecular flexibility index (Phi) is 5.12. The van der Waals surface area contributed by atoms with Gasteiger partial charge in [0.1, 0.15) is 0 Å². The average molecular weight is 289 g/mol. The summed E-state index contributed by atoms with van der Waals surface area (Å²) >= 11 is 1.66. The summed E-state index contributed by atoms with van der Waals surface area (Å²) in [5, 5.41) is 9.26. The molecule has 1 heterocycles. The maximum Gasteiger partial charge on any atom is 0.224 e. The number of thiazole rings is 1. The van der Waals surface area contributed by atoms with E-state index in [1.54, 1.807) is 11.3 Å². The second kappa shape index (κ2) is 7.05. The Morgan fingerprint density at radius 3 is 2.65 bits per heavy atom. The van der Waals surface area contributed by atoms with Crippen molar-refractivity contribution in [3.8, 4) is 0 Å². The summed E-state index contributed by atoms with van der Waals surface area (Å²) in [6, 6.07) is 7.94. The number of nitrogens with zero attached hydrogens (tertiary/aromatic N) is 1. The number of rotatable bonds is 6. The molecule has 5 heteroatoms. The van der Waals surface area contributed by atoms with Gasteiger partial charge in [0.25, 0.3) is 0 Å². The SMILES string of the molecule is CCNC(=O)Cc1ccc(NCc2csc(C)n2)cc1. The third kappa shape index (κ3) is 4.35. The molecule has 0 aliphatic carbocycles. The molecule has 2 rings (SSSR count). The standard InChI is InChI=1S/C15H19N3OS/c1-3-16-15(19)8-12-4-6-13(7-5-12)17-9-14-10-20-11(2)18-14/h4-7,10,17H,3,8-9H2,1-2H3,(H,16,19). The number of carbonyl (C=O) groups excluding carboxylic acids is 1. The van der Waals surface area contributed by atoms with Crippen LogP contribution in [0.1, 0.15) is 23.2 Å². The third-order valence-electron chi connectivity index (χ3n) is 2.83. The first-order chi connectivity index (χ1) is 9.67. The van der Waals surface area contributed by atoms with E-state index < -0.39 is 0 Å². The molecule has 106 valence electrons. The number of likely N-dealkylation sites (N-methyl/N-ethyl adjacent to an activating group) is 1.